The smallest absolute Gasteiger partial charge is 0.382 e. The predicted molar refractivity (Wildman–Crippen MR) is 126 cm³/mol. The molecule has 5 nitrogen and oxygen atoms in total. The van der Waals surface area contributed by atoms with Gasteiger partial charge < -0.3 is 15.5 Å². The van der Waals surface area contributed by atoms with Crippen LogP contribution in [-0.4, -0.2) is 54.7 Å². The van der Waals surface area contributed by atoms with Crippen LogP contribution in [0.1, 0.15) is 37.1 Å². The van der Waals surface area contributed by atoms with Crippen LogP contribution in [0.2, 0.25) is 0 Å². The Hall–Kier alpha value is -2.87. The molecule has 2 aromatic rings. The maximum Gasteiger partial charge on any atom is 0.417 e. The van der Waals surface area contributed by atoms with E-state index in [-0.39, 0.29) is 23.6 Å². The number of hydrogen-bond acceptors (Lipinski definition) is 4. The predicted octanol–water partition coefficient (Wildman–Crippen LogP) is 4.86. The largest absolute Gasteiger partial charge is 0.417 e. The molecule has 2 fully saturated rings. The molecule has 1 aromatic heterocycles. The Labute approximate surface area is 191 Å². The van der Waals surface area contributed by atoms with Crippen LogP contribution in [0.4, 0.5) is 18.9 Å². The van der Waals surface area contributed by atoms with E-state index in [1.165, 1.54) is 0 Å². The van der Waals surface area contributed by atoms with E-state index in [9.17, 15) is 18.0 Å². The third-order valence-corrected chi connectivity index (χ3v) is 6.23. The molecular weight excluding hydrogens is 429 g/mol. The monoisotopic (exact) mass is 458 g/mol. The topological polar surface area (TPSA) is 57.3 Å². The number of carbonyl (C=O) groups is 1. The first kappa shape index (κ1) is 23.3. The fourth-order valence-corrected chi connectivity index (χ4v) is 4.07. The second-order valence-electron chi connectivity index (χ2n) is 8.92. The Morgan fingerprint density at radius 3 is 2.61 bits per heavy atom. The van der Waals surface area contributed by atoms with Gasteiger partial charge >= 0.3 is 6.18 Å². The van der Waals surface area contributed by atoms with Crippen LogP contribution in [0.3, 0.4) is 0 Å². The van der Waals surface area contributed by atoms with E-state index in [0.717, 1.165) is 44.5 Å². The molecule has 1 aliphatic heterocycles. The highest BCUT2D eigenvalue weighted by atomic mass is 19.4. The quantitative estimate of drug-likeness (QED) is 0.623. The Morgan fingerprint density at radius 1 is 1.21 bits per heavy atom. The average molecular weight is 459 g/mol. The van der Waals surface area contributed by atoms with Gasteiger partial charge in [0.05, 0.1) is 17.0 Å². The lowest BCUT2D eigenvalue weighted by Crippen LogP contribution is -2.36. The standard InChI is InChI=1S/C25H29F3N4O/c1-16(25(26,27)28)23-20-6-3-7-22(30-18-10-13-32(2)14-11-18)21(20)15-19(31-23)5-4-12-29-24(33)17-8-9-17/h3-7,15,17-18,30H,1,8-14H2,2H3,(H,29,33)/b5-4+. The Kier molecular flexibility index (Phi) is 6.74. The van der Waals surface area contributed by atoms with Crippen molar-refractivity contribution in [2.75, 3.05) is 32.0 Å². The number of aromatic nitrogens is 1. The molecule has 0 unspecified atom stereocenters. The van der Waals surface area contributed by atoms with Crippen LogP contribution in [0.15, 0.2) is 36.9 Å². The third kappa shape index (κ3) is 5.74. The highest BCUT2D eigenvalue weighted by Gasteiger charge is 2.35. The fraction of sp³-hybridized carbons (Fsp3) is 0.440. The summed E-state index contributed by atoms with van der Waals surface area (Å²) in [5, 5.41) is 7.43. The van der Waals surface area contributed by atoms with Crippen LogP contribution in [-0.2, 0) is 4.79 Å². The van der Waals surface area contributed by atoms with Gasteiger partial charge in [-0.25, -0.2) is 4.98 Å². The van der Waals surface area contributed by atoms with Crippen LogP contribution < -0.4 is 10.6 Å². The Bertz CT molecular complexity index is 1070. The van der Waals surface area contributed by atoms with Crippen molar-refractivity contribution in [3.8, 4) is 0 Å². The van der Waals surface area contributed by atoms with Crippen LogP contribution in [0.25, 0.3) is 22.4 Å². The number of allylic oxidation sites excluding steroid dienone is 1. The summed E-state index contributed by atoms with van der Waals surface area (Å²) in [6.07, 6.45) is 2.53. The summed E-state index contributed by atoms with van der Waals surface area (Å²) in [4.78, 5) is 18.3. The van der Waals surface area contributed by atoms with Gasteiger partial charge in [-0.15, -0.1) is 0 Å². The van der Waals surface area contributed by atoms with Crippen LogP contribution in [0.5, 0.6) is 0 Å². The van der Waals surface area contributed by atoms with Crippen LogP contribution in [0, 0.1) is 5.92 Å². The lowest BCUT2D eigenvalue weighted by molar-refractivity contribution is -0.122. The molecule has 2 N–H and O–H groups in total. The number of anilines is 1. The molecule has 1 aromatic carbocycles. The zero-order valence-corrected chi connectivity index (χ0v) is 18.7. The molecule has 176 valence electrons. The molecule has 1 aliphatic carbocycles. The normalized spacial score (nSPS) is 18.1. The van der Waals surface area contributed by atoms with Crippen molar-refractivity contribution in [3.05, 3.63) is 48.3 Å². The molecule has 1 saturated heterocycles. The van der Waals surface area contributed by atoms with Gasteiger partial charge in [-0.05, 0) is 64.0 Å². The van der Waals surface area contributed by atoms with Crippen molar-refractivity contribution in [3.63, 3.8) is 0 Å². The minimum atomic E-state index is -4.59. The molecule has 1 amide bonds. The Morgan fingerprint density at radius 2 is 1.94 bits per heavy atom. The molecule has 8 heteroatoms. The van der Waals surface area contributed by atoms with E-state index in [4.69, 9.17) is 0 Å². The van der Waals surface area contributed by atoms with E-state index >= 15 is 0 Å². The van der Waals surface area contributed by atoms with Gasteiger partial charge in [0.2, 0.25) is 5.91 Å². The molecule has 2 heterocycles. The number of hydrogen-bond donors (Lipinski definition) is 2. The van der Waals surface area contributed by atoms with Crippen molar-refractivity contribution < 1.29 is 18.0 Å². The minimum Gasteiger partial charge on any atom is -0.382 e. The number of amides is 1. The second-order valence-corrected chi connectivity index (χ2v) is 8.92. The van der Waals surface area contributed by atoms with Crippen molar-refractivity contribution in [2.45, 2.75) is 37.9 Å². The molecule has 0 atom stereocenters. The fourth-order valence-electron chi connectivity index (χ4n) is 4.07. The van der Waals surface area contributed by atoms with Crippen molar-refractivity contribution >= 4 is 34.0 Å². The number of benzene rings is 1. The van der Waals surface area contributed by atoms with Gasteiger partial charge in [-0.2, -0.15) is 13.2 Å². The number of rotatable bonds is 7. The molecule has 0 radical (unpaired) electrons. The first-order valence-electron chi connectivity index (χ1n) is 11.3. The number of carbonyl (C=O) groups excluding carboxylic acids is 1. The molecule has 0 bridgehead atoms. The maximum absolute atomic E-state index is 13.6. The summed E-state index contributed by atoms with van der Waals surface area (Å²) < 4.78 is 40.7. The van der Waals surface area contributed by atoms with Crippen LogP contribution >= 0.6 is 0 Å². The minimum absolute atomic E-state index is 0.0156. The van der Waals surface area contributed by atoms with Gasteiger partial charge in [0.15, 0.2) is 0 Å². The molecule has 1 saturated carbocycles. The summed E-state index contributed by atoms with van der Waals surface area (Å²) in [6.45, 7) is 5.54. The zero-order chi connectivity index (χ0) is 23.6. The summed E-state index contributed by atoms with van der Waals surface area (Å²) >= 11 is 0. The molecule has 4 rings (SSSR count). The van der Waals surface area contributed by atoms with Crippen molar-refractivity contribution in [1.29, 1.82) is 0 Å². The molecule has 33 heavy (non-hydrogen) atoms. The van der Waals surface area contributed by atoms with E-state index < -0.39 is 11.7 Å². The van der Waals surface area contributed by atoms with Gasteiger partial charge in [-0.3, -0.25) is 4.79 Å². The molecule has 0 spiro atoms. The number of halogens is 3. The number of nitrogens with one attached hydrogen (secondary N) is 2. The number of fused-ring (bicyclic) bond motifs is 1. The summed E-state index contributed by atoms with van der Waals surface area (Å²) in [7, 11) is 2.08. The number of pyridine rings is 1. The van der Waals surface area contributed by atoms with Gasteiger partial charge in [0.25, 0.3) is 0 Å². The van der Waals surface area contributed by atoms with E-state index in [0.29, 0.717) is 23.0 Å². The van der Waals surface area contributed by atoms with E-state index in [1.807, 2.05) is 6.07 Å². The second kappa shape index (κ2) is 9.55. The highest BCUT2D eigenvalue weighted by molar-refractivity contribution is 6.00. The van der Waals surface area contributed by atoms with Gasteiger partial charge in [0, 0.05) is 35.0 Å². The molecule has 2 aliphatic rings. The average Bonchev–Trinajstić information content (AvgIpc) is 3.62. The number of nitrogens with zero attached hydrogens (tertiary/aromatic N) is 2. The Balaban J connectivity index is 1.65. The van der Waals surface area contributed by atoms with Crippen molar-refractivity contribution in [2.24, 2.45) is 5.92 Å². The van der Waals surface area contributed by atoms with Gasteiger partial charge in [-0.1, -0.05) is 24.8 Å². The van der Waals surface area contributed by atoms with E-state index in [1.54, 1.807) is 30.4 Å². The lowest BCUT2D eigenvalue weighted by Gasteiger charge is -2.30. The van der Waals surface area contributed by atoms with Crippen molar-refractivity contribution in [1.82, 2.24) is 15.2 Å². The summed E-state index contributed by atoms with van der Waals surface area (Å²) in [6, 6.07) is 7.34. The van der Waals surface area contributed by atoms with E-state index in [2.05, 4.69) is 34.1 Å². The summed E-state index contributed by atoms with van der Waals surface area (Å²) in [5.41, 5.74) is 0.0356. The SMILES string of the molecule is C=C(c1nc(/C=C/CNC(=O)C2CC2)cc2c(NC3CCN(C)CC3)cccc12)C(F)(F)F. The number of likely N-dealkylation sites (tertiary alicyclic amines) is 1. The third-order valence-electron chi connectivity index (χ3n) is 6.23. The highest BCUT2D eigenvalue weighted by Crippen LogP contribution is 2.37. The number of piperidine rings is 1. The lowest BCUT2D eigenvalue weighted by atomic mass is 10.00. The number of alkyl halides is 3. The summed E-state index contributed by atoms with van der Waals surface area (Å²) in [5.74, 6) is 0.119. The first-order chi connectivity index (χ1) is 15.7. The molecular formula is C25H29F3N4O. The first-order valence-corrected chi connectivity index (χ1v) is 11.3. The van der Waals surface area contributed by atoms with Gasteiger partial charge in [0.1, 0.15) is 0 Å². The zero-order valence-electron chi connectivity index (χ0n) is 18.7. The maximum atomic E-state index is 13.6.